The summed E-state index contributed by atoms with van der Waals surface area (Å²) in [6.07, 6.45) is 86.7. The number of allylic oxidation sites excluding steroid dienone is 22. The average Bonchev–Trinajstić information content (AvgIpc) is 3.42. The number of phosphoric acid groups is 1. The van der Waals surface area contributed by atoms with Crippen molar-refractivity contribution >= 4 is 19.8 Å². The molecule has 0 amide bonds. The zero-order chi connectivity index (χ0) is 58.4. The van der Waals surface area contributed by atoms with E-state index in [2.05, 4.69) is 148 Å². The van der Waals surface area contributed by atoms with Crippen molar-refractivity contribution in [2.24, 2.45) is 0 Å². The Bertz CT molecular complexity index is 1810. The first-order chi connectivity index (χ1) is 39.0. The predicted octanol–water partition coefficient (Wildman–Crippen LogP) is 20.5. The summed E-state index contributed by atoms with van der Waals surface area (Å²) in [5, 5.41) is 0. The zero-order valence-electron chi connectivity index (χ0n) is 51.8. The highest BCUT2D eigenvalue weighted by Gasteiger charge is 2.27. The van der Waals surface area contributed by atoms with E-state index in [1.165, 1.54) is 96.3 Å². The Morgan fingerprint density at radius 2 is 0.675 bits per heavy atom. The first-order valence-corrected chi connectivity index (χ1v) is 33.4. The molecule has 0 aliphatic heterocycles. The molecular formula is C70H119NO8P+. The highest BCUT2D eigenvalue weighted by molar-refractivity contribution is 7.47. The van der Waals surface area contributed by atoms with E-state index < -0.39 is 26.5 Å². The Kier molecular flexibility index (Phi) is 56.9. The lowest BCUT2D eigenvalue weighted by molar-refractivity contribution is -0.870. The largest absolute Gasteiger partial charge is 0.472 e. The number of likely N-dealkylation sites (N-methyl/N-ethyl adjacent to an activating group) is 1. The Balaban J connectivity index is 4.16. The van der Waals surface area contributed by atoms with Crippen LogP contribution in [0.25, 0.3) is 0 Å². The van der Waals surface area contributed by atoms with Gasteiger partial charge in [-0.15, -0.1) is 0 Å². The molecule has 10 heteroatoms. The molecule has 0 radical (unpaired) electrons. The lowest BCUT2D eigenvalue weighted by atomic mass is 10.0. The van der Waals surface area contributed by atoms with Crippen LogP contribution in [-0.2, 0) is 32.7 Å². The number of hydrogen-bond acceptors (Lipinski definition) is 7. The van der Waals surface area contributed by atoms with E-state index in [4.69, 9.17) is 18.5 Å². The summed E-state index contributed by atoms with van der Waals surface area (Å²) in [7, 11) is 1.46. The Morgan fingerprint density at radius 1 is 0.388 bits per heavy atom. The maximum absolute atomic E-state index is 12.9. The van der Waals surface area contributed by atoms with E-state index >= 15 is 0 Å². The molecule has 2 atom stereocenters. The Hall–Kier alpha value is -3.85. The number of carbonyl (C=O) groups is 2. The van der Waals surface area contributed by atoms with Gasteiger partial charge in [0.25, 0.3) is 0 Å². The third-order valence-electron chi connectivity index (χ3n) is 13.2. The molecule has 2 unspecified atom stereocenters. The van der Waals surface area contributed by atoms with Crippen LogP contribution >= 0.6 is 7.82 Å². The van der Waals surface area contributed by atoms with E-state index in [-0.39, 0.29) is 32.0 Å². The fraction of sp³-hybridized carbons (Fsp3) is 0.657. The number of phosphoric ester groups is 1. The average molecular weight is 1130 g/mol. The van der Waals surface area contributed by atoms with Crippen molar-refractivity contribution in [3.63, 3.8) is 0 Å². The molecule has 0 saturated carbocycles. The van der Waals surface area contributed by atoms with Crippen LogP contribution in [0.4, 0.5) is 0 Å². The number of esters is 2. The van der Waals surface area contributed by atoms with Crippen LogP contribution in [0.5, 0.6) is 0 Å². The number of carbonyl (C=O) groups excluding carboxylic acids is 2. The molecule has 0 aliphatic carbocycles. The zero-order valence-corrected chi connectivity index (χ0v) is 52.7. The molecule has 456 valence electrons. The summed E-state index contributed by atoms with van der Waals surface area (Å²) >= 11 is 0. The molecule has 0 bridgehead atoms. The van der Waals surface area contributed by atoms with Gasteiger partial charge in [0, 0.05) is 12.8 Å². The van der Waals surface area contributed by atoms with Gasteiger partial charge in [0.05, 0.1) is 27.7 Å². The fourth-order valence-corrected chi connectivity index (χ4v) is 9.08. The first-order valence-electron chi connectivity index (χ1n) is 31.9. The third kappa shape index (κ3) is 63.3. The van der Waals surface area contributed by atoms with Crippen LogP contribution in [-0.4, -0.2) is 74.9 Å². The van der Waals surface area contributed by atoms with Gasteiger partial charge in [0.1, 0.15) is 19.8 Å². The fourth-order valence-electron chi connectivity index (χ4n) is 8.34. The Labute approximate surface area is 491 Å². The highest BCUT2D eigenvalue weighted by Crippen LogP contribution is 2.43. The summed E-state index contributed by atoms with van der Waals surface area (Å²) in [5.41, 5.74) is 0. The maximum atomic E-state index is 12.9. The van der Waals surface area contributed by atoms with Gasteiger partial charge >= 0.3 is 19.8 Å². The van der Waals surface area contributed by atoms with Gasteiger partial charge in [0.15, 0.2) is 6.10 Å². The number of rotatable bonds is 57. The van der Waals surface area contributed by atoms with Crippen LogP contribution in [0.15, 0.2) is 134 Å². The van der Waals surface area contributed by atoms with Crippen LogP contribution in [0.1, 0.15) is 245 Å². The molecule has 9 nitrogen and oxygen atoms in total. The lowest BCUT2D eigenvalue weighted by Gasteiger charge is -2.24. The molecule has 0 aromatic carbocycles. The van der Waals surface area contributed by atoms with Crippen molar-refractivity contribution in [3.8, 4) is 0 Å². The second kappa shape index (κ2) is 59.8. The Morgan fingerprint density at radius 3 is 1.00 bits per heavy atom. The van der Waals surface area contributed by atoms with E-state index in [0.29, 0.717) is 17.4 Å². The molecule has 0 saturated heterocycles. The van der Waals surface area contributed by atoms with Gasteiger partial charge in [-0.3, -0.25) is 18.6 Å². The summed E-state index contributed by atoms with van der Waals surface area (Å²) in [4.78, 5) is 35.8. The molecular weight excluding hydrogens is 1010 g/mol. The molecule has 0 rings (SSSR count). The van der Waals surface area contributed by atoms with Gasteiger partial charge < -0.3 is 18.9 Å². The van der Waals surface area contributed by atoms with Gasteiger partial charge in [-0.2, -0.15) is 0 Å². The topological polar surface area (TPSA) is 108 Å². The van der Waals surface area contributed by atoms with E-state index in [1.54, 1.807) is 0 Å². The van der Waals surface area contributed by atoms with Gasteiger partial charge in [-0.25, -0.2) is 4.57 Å². The summed E-state index contributed by atoms with van der Waals surface area (Å²) in [5.74, 6) is -0.811. The molecule has 0 spiro atoms. The van der Waals surface area contributed by atoms with Crippen LogP contribution in [0.2, 0.25) is 0 Å². The number of nitrogens with zero attached hydrogens (tertiary/aromatic N) is 1. The van der Waals surface area contributed by atoms with E-state index in [1.807, 2.05) is 21.1 Å². The number of unbranched alkanes of at least 4 members (excludes halogenated alkanes) is 21. The van der Waals surface area contributed by atoms with Crippen molar-refractivity contribution in [3.05, 3.63) is 134 Å². The molecule has 1 N–H and O–H groups in total. The molecule has 0 aliphatic rings. The molecule has 0 aromatic rings. The smallest absolute Gasteiger partial charge is 0.462 e. The lowest BCUT2D eigenvalue weighted by Crippen LogP contribution is -2.37. The molecule has 0 fully saturated rings. The normalized spacial score (nSPS) is 14.1. The minimum absolute atomic E-state index is 0.0236. The molecule has 0 heterocycles. The quantitative estimate of drug-likeness (QED) is 0.0211. The van der Waals surface area contributed by atoms with Gasteiger partial charge in [-0.05, 0) is 109 Å². The van der Waals surface area contributed by atoms with E-state index in [9.17, 15) is 19.0 Å². The standard InChI is InChI=1S/C70H118NO8P/c1-6-8-10-12-14-16-18-20-22-24-26-28-30-32-33-34-35-36-37-39-41-43-45-47-49-51-53-55-57-59-61-63-70(73)79-68(67-78-80(74,75)77-65-64-71(3,4)5)66-76-69(72)62-60-58-56-54-52-50-48-46-44-42-40-38-31-29-27-25-23-21-19-17-15-13-11-9-7-2/h8-11,14-17,20-23,26-29,32-33,35-36,39,41,68H,6-7,12-13,18-19,24-25,30-31,34,37-38,40,42-67H2,1-5H3/p+1/b10-8-,11-9-,16-14-,17-15-,22-20-,23-21-,28-26-,29-27-,33-32-,36-35-,41-39-. The van der Waals surface area contributed by atoms with Crippen LogP contribution in [0, 0.1) is 0 Å². The molecule has 80 heavy (non-hydrogen) atoms. The van der Waals surface area contributed by atoms with Crippen molar-refractivity contribution in [1.82, 2.24) is 0 Å². The maximum Gasteiger partial charge on any atom is 0.472 e. The SMILES string of the molecule is CC/C=C\C/C=C\C/C=C\C/C=C\C/C=C\C/C=C\C/C=C\CCCCCCCCCCCC(=O)OC(COC(=O)CCCCCCCCCCCCCC/C=C\C/C=C\C/C=C\C/C=C\CC)COP(=O)(O)OCC[N+](C)(C)C. The minimum atomic E-state index is -4.40. The second-order valence-electron chi connectivity index (χ2n) is 22.0. The summed E-state index contributed by atoms with van der Waals surface area (Å²) in [6, 6.07) is 0. The van der Waals surface area contributed by atoms with Crippen LogP contribution < -0.4 is 0 Å². The van der Waals surface area contributed by atoms with Crippen molar-refractivity contribution in [1.29, 1.82) is 0 Å². The first kappa shape index (κ1) is 76.1. The molecule has 0 aromatic heterocycles. The summed E-state index contributed by atoms with van der Waals surface area (Å²) in [6.45, 7) is 4.20. The second-order valence-corrected chi connectivity index (χ2v) is 23.5. The van der Waals surface area contributed by atoms with Crippen molar-refractivity contribution in [2.45, 2.75) is 251 Å². The van der Waals surface area contributed by atoms with Crippen LogP contribution in [0.3, 0.4) is 0 Å². The predicted molar refractivity (Wildman–Crippen MR) is 344 cm³/mol. The number of hydrogen-bond donors (Lipinski definition) is 1. The van der Waals surface area contributed by atoms with Gasteiger partial charge in [0.2, 0.25) is 0 Å². The van der Waals surface area contributed by atoms with Crippen molar-refractivity contribution < 1.29 is 42.1 Å². The van der Waals surface area contributed by atoms with E-state index in [0.717, 1.165) is 116 Å². The highest BCUT2D eigenvalue weighted by atomic mass is 31.2. The third-order valence-corrected chi connectivity index (χ3v) is 14.2. The number of ether oxygens (including phenoxy) is 2. The van der Waals surface area contributed by atoms with Crippen molar-refractivity contribution in [2.75, 3.05) is 47.5 Å². The van der Waals surface area contributed by atoms with Gasteiger partial charge in [-0.1, -0.05) is 257 Å². The summed E-state index contributed by atoms with van der Waals surface area (Å²) < 4.78 is 34.7. The minimum Gasteiger partial charge on any atom is -0.462 e. The monoisotopic (exact) mass is 1130 g/mol. The number of quaternary nitrogens is 1.